The van der Waals surface area contributed by atoms with Crippen molar-refractivity contribution in [2.45, 2.75) is 6.92 Å². The van der Waals surface area contributed by atoms with Crippen LogP contribution in [-0.4, -0.2) is 24.0 Å². The Morgan fingerprint density at radius 3 is 2.32 bits per heavy atom. The molecule has 1 aromatic heterocycles. The second-order valence-electron chi connectivity index (χ2n) is 4.18. The third kappa shape index (κ3) is 2.09. The highest BCUT2D eigenvalue weighted by Gasteiger charge is 2.19. The van der Waals surface area contributed by atoms with E-state index in [0.29, 0.717) is 22.8 Å². The van der Waals surface area contributed by atoms with E-state index in [1.165, 1.54) is 25.0 Å². The summed E-state index contributed by atoms with van der Waals surface area (Å²) in [5.41, 5.74) is 7.71. The van der Waals surface area contributed by atoms with Crippen LogP contribution in [0.4, 0.5) is 10.2 Å². The second kappa shape index (κ2) is 4.79. The van der Waals surface area contributed by atoms with Crippen LogP contribution in [-0.2, 0) is 7.05 Å². The van der Waals surface area contributed by atoms with E-state index in [0.717, 1.165) is 5.56 Å². The Morgan fingerprint density at radius 2 is 1.84 bits per heavy atom. The van der Waals surface area contributed by atoms with Crippen LogP contribution in [0.3, 0.4) is 0 Å². The predicted molar refractivity (Wildman–Crippen MR) is 70.9 cm³/mol. The van der Waals surface area contributed by atoms with Crippen molar-refractivity contribution in [3.8, 4) is 22.8 Å². The number of halogens is 1. The van der Waals surface area contributed by atoms with Crippen molar-refractivity contribution in [1.29, 1.82) is 0 Å². The topological polar surface area (TPSA) is 62.3 Å². The molecule has 19 heavy (non-hydrogen) atoms. The molecule has 0 atom stereocenters. The normalized spacial score (nSPS) is 10.6. The quantitative estimate of drug-likeness (QED) is 0.923. The molecule has 2 aromatic rings. The molecule has 0 aliphatic rings. The highest BCUT2D eigenvalue weighted by Crippen LogP contribution is 2.39. The molecule has 0 fully saturated rings. The number of benzene rings is 1. The van der Waals surface area contributed by atoms with E-state index in [2.05, 4.69) is 5.10 Å². The molecule has 0 bridgehead atoms. The monoisotopic (exact) mass is 265 g/mol. The van der Waals surface area contributed by atoms with Gasteiger partial charge in [0, 0.05) is 24.2 Å². The lowest BCUT2D eigenvalue weighted by Crippen LogP contribution is -1.99. The molecular formula is C13H16FN3O2. The summed E-state index contributed by atoms with van der Waals surface area (Å²) in [7, 11) is 4.60. The van der Waals surface area contributed by atoms with Crippen LogP contribution < -0.4 is 15.2 Å². The summed E-state index contributed by atoms with van der Waals surface area (Å²) < 4.78 is 25.8. The van der Waals surface area contributed by atoms with Gasteiger partial charge in [-0.1, -0.05) is 0 Å². The molecule has 1 heterocycles. The van der Waals surface area contributed by atoms with E-state index < -0.39 is 5.82 Å². The Balaban J connectivity index is 2.68. The number of nitrogens with two attached hydrogens (primary N) is 1. The zero-order valence-electron chi connectivity index (χ0n) is 11.3. The fourth-order valence-electron chi connectivity index (χ4n) is 2.02. The lowest BCUT2D eigenvalue weighted by molar-refractivity contribution is 0.336. The first-order valence-electron chi connectivity index (χ1n) is 5.70. The molecule has 2 N–H and O–H groups in total. The van der Waals surface area contributed by atoms with Crippen molar-refractivity contribution in [3.05, 3.63) is 23.5 Å². The molecule has 0 aliphatic carbocycles. The van der Waals surface area contributed by atoms with Crippen molar-refractivity contribution in [1.82, 2.24) is 9.78 Å². The zero-order chi connectivity index (χ0) is 14.2. The summed E-state index contributed by atoms with van der Waals surface area (Å²) in [6, 6.07) is 3.06. The smallest absolute Gasteiger partial charge is 0.197 e. The molecule has 0 radical (unpaired) electrons. The van der Waals surface area contributed by atoms with E-state index >= 15 is 0 Å². The van der Waals surface area contributed by atoms with Gasteiger partial charge >= 0.3 is 0 Å². The standard InChI is InChI=1S/C13H16FN3O2/c1-7-8(10-6-11(15)17(2)16-10)5-9(14)13(19-4)12(7)18-3/h5-6H,15H2,1-4H3. The number of rotatable bonds is 3. The molecule has 2 rings (SSSR count). The maximum Gasteiger partial charge on any atom is 0.197 e. The number of hydrogen-bond acceptors (Lipinski definition) is 4. The fourth-order valence-corrected chi connectivity index (χ4v) is 2.02. The molecule has 0 amide bonds. The Morgan fingerprint density at radius 1 is 1.21 bits per heavy atom. The van der Waals surface area contributed by atoms with Crippen molar-refractivity contribution < 1.29 is 13.9 Å². The number of ether oxygens (including phenoxy) is 2. The molecule has 0 saturated heterocycles. The molecule has 0 aliphatic heterocycles. The first-order chi connectivity index (χ1) is 8.99. The average molecular weight is 265 g/mol. The Bertz CT molecular complexity index is 603. The lowest BCUT2D eigenvalue weighted by Gasteiger charge is -2.14. The van der Waals surface area contributed by atoms with Crippen molar-refractivity contribution in [2.75, 3.05) is 20.0 Å². The number of anilines is 1. The first-order valence-corrected chi connectivity index (χ1v) is 5.70. The summed E-state index contributed by atoms with van der Waals surface area (Å²) in [6.07, 6.45) is 0. The van der Waals surface area contributed by atoms with Gasteiger partial charge in [-0.2, -0.15) is 5.10 Å². The van der Waals surface area contributed by atoms with Crippen LogP contribution in [0.15, 0.2) is 12.1 Å². The van der Waals surface area contributed by atoms with Gasteiger partial charge in [-0.25, -0.2) is 4.39 Å². The molecule has 0 unspecified atom stereocenters. The number of hydrogen-bond donors (Lipinski definition) is 1. The molecule has 102 valence electrons. The van der Waals surface area contributed by atoms with Gasteiger partial charge in [0.15, 0.2) is 17.3 Å². The van der Waals surface area contributed by atoms with E-state index in [4.69, 9.17) is 15.2 Å². The third-order valence-electron chi connectivity index (χ3n) is 3.04. The van der Waals surface area contributed by atoms with Gasteiger partial charge in [0.25, 0.3) is 0 Å². The average Bonchev–Trinajstić information content (AvgIpc) is 2.71. The largest absolute Gasteiger partial charge is 0.492 e. The summed E-state index contributed by atoms with van der Waals surface area (Å²) in [5.74, 6) is 0.461. The van der Waals surface area contributed by atoms with Crippen molar-refractivity contribution >= 4 is 5.82 Å². The van der Waals surface area contributed by atoms with Crippen LogP contribution in [0.1, 0.15) is 5.56 Å². The summed E-state index contributed by atoms with van der Waals surface area (Å²) >= 11 is 0. The minimum Gasteiger partial charge on any atom is -0.492 e. The van der Waals surface area contributed by atoms with Crippen molar-refractivity contribution in [3.63, 3.8) is 0 Å². The van der Waals surface area contributed by atoms with Gasteiger partial charge in [-0.05, 0) is 13.0 Å². The molecule has 0 spiro atoms. The number of methoxy groups -OCH3 is 2. The highest BCUT2D eigenvalue weighted by molar-refractivity contribution is 5.71. The molecule has 6 heteroatoms. The van der Waals surface area contributed by atoms with Gasteiger partial charge in [-0.3, -0.25) is 4.68 Å². The van der Waals surface area contributed by atoms with Crippen LogP contribution in [0.2, 0.25) is 0 Å². The van der Waals surface area contributed by atoms with Crippen LogP contribution >= 0.6 is 0 Å². The fraction of sp³-hybridized carbons (Fsp3) is 0.308. The predicted octanol–water partition coefficient (Wildman–Crippen LogP) is 2.13. The van der Waals surface area contributed by atoms with Gasteiger partial charge in [-0.15, -0.1) is 0 Å². The zero-order valence-corrected chi connectivity index (χ0v) is 11.3. The summed E-state index contributed by atoms with van der Waals surface area (Å²) in [4.78, 5) is 0. The summed E-state index contributed by atoms with van der Waals surface area (Å²) in [6.45, 7) is 1.82. The minimum atomic E-state index is -0.496. The second-order valence-corrected chi connectivity index (χ2v) is 4.18. The molecule has 5 nitrogen and oxygen atoms in total. The number of aryl methyl sites for hydroxylation is 1. The number of nitrogens with zero attached hydrogens (tertiary/aromatic N) is 2. The maximum atomic E-state index is 14.0. The highest BCUT2D eigenvalue weighted by atomic mass is 19.1. The van der Waals surface area contributed by atoms with E-state index in [1.54, 1.807) is 13.1 Å². The molecule has 1 aromatic carbocycles. The molecular weight excluding hydrogens is 249 g/mol. The lowest BCUT2D eigenvalue weighted by atomic mass is 10.0. The minimum absolute atomic E-state index is 0.0904. The number of aromatic nitrogens is 2. The van der Waals surface area contributed by atoms with Gasteiger partial charge < -0.3 is 15.2 Å². The Labute approximate surface area is 110 Å². The van der Waals surface area contributed by atoms with Crippen molar-refractivity contribution in [2.24, 2.45) is 7.05 Å². The Kier molecular flexibility index (Phi) is 3.33. The van der Waals surface area contributed by atoms with Crippen LogP contribution in [0, 0.1) is 12.7 Å². The summed E-state index contributed by atoms with van der Waals surface area (Å²) in [5, 5.41) is 4.24. The first kappa shape index (κ1) is 13.2. The van der Waals surface area contributed by atoms with Gasteiger partial charge in [0.2, 0.25) is 0 Å². The molecule has 0 saturated carbocycles. The van der Waals surface area contributed by atoms with Gasteiger partial charge in [0.05, 0.1) is 19.9 Å². The van der Waals surface area contributed by atoms with Crippen LogP contribution in [0.5, 0.6) is 11.5 Å². The maximum absolute atomic E-state index is 14.0. The SMILES string of the molecule is COc1c(F)cc(-c2cc(N)n(C)n2)c(C)c1OC. The Hall–Kier alpha value is -2.24. The van der Waals surface area contributed by atoms with Crippen LogP contribution in [0.25, 0.3) is 11.3 Å². The van der Waals surface area contributed by atoms with E-state index in [-0.39, 0.29) is 5.75 Å². The van der Waals surface area contributed by atoms with Gasteiger partial charge in [0.1, 0.15) is 5.82 Å². The number of nitrogen functional groups attached to an aromatic ring is 1. The van der Waals surface area contributed by atoms with E-state index in [9.17, 15) is 4.39 Å². The third-order valence-corrected chi connectivity index (χ3v) is 3.04. The van der Waals surface area contributed by atoms with E-state index in [1.807, 2.05) is 6.92 Å².